The van der Waals surface area contributed by atoms with Crippen molar-refractivity contribution >= 4 is 23.4 Å². The number of hydrogen-bond acceptors (Lipinski definition) is 7. The maximum Gasteiger partial charge on any atom is 0.286 e. The van der Waals surface area contributed by atoms with Crippen molar-refractivity contribution in [3.63, 3.8) is 0 Å². The van der Waals surface area contributed by atoms with Gasteiger partial charge >= 0.3 is 0 Å². The average molecular weight is 368 g/mol. The van der Waals surface area contributed by atoms with Gasteiger partial charge in [0.15, 0.2) is 11.5 Å². The lowest BCUT2D eigenvalue weighted by atomic mass is 10.0. The normalized spacial score (nSPS) is 19.0. The van der Waals surface area contributed by atoms with Gasteiger partial charge in [-0.2, -0.15) is 0 Å². The number of carbonyl (C=O) groups is 1. The fraction of sp³-hybridized carbons (Fsp3) is 0.562. The number of likely N-dealkylation sites (tertiary alicyclic amines) is 1. The molecule has 0 bridgehead atoms. The maximum atomic E-state index is 12.9. The summed E-state index contributed by atoms with van der Waals surface area (Å²) in [5.74, 6) is 1.11. The predicted octanol–water partition coefficient (Wildman–Crippen LogP) is 2.31. The van der Waals surface area contributed by atoms with Crippen LogP contribution in [0.4, 0.5) is 5.69 Å². The minimum absolute atomic E-state index is 0.0126. The summed E-state index contributed by atoms with van der Waals surface area (Å²) in [5.41, 5.74) is -0.270. The van der Waals surface area contributed by atoms with Gasteiger partial charge in [0.25, 0.3) is 11.6 Å². The second-order valence-electron chi connectivity index (χ2n) is 5.88. The van der Waals surface area contributed by atoms with Crippen molar-refractivity contribution in [3.05, 3.63) is 27.8 Å². The smallest absolute Gasteiger partial charge is 0.286 e. The van der Waals surface area contributed by atoms with E-state index in [0.717, 1.165) is 25.2 Å². The van der Waals surface area contributed by atoms with Crippen LogP contribution in [0, 0.1) is 10.1 Å². The van der Waals surface area contributed by atoms with Gasteiger partial charge in [-0.25, -0.2) is 0 Å². The van der Waals surface area contributed by atoms with Crippen LogP contribution in [0.1, 0.15) is 23.2 Å². The first-order valence-corrected chi connectivity index (χ1v) is 8.96. The molecule has 2 fully saturated rings. The van der Waals surface area contributed by atoms with Crippen molar-refractivity contribution < 1.29 is 23.9 Å². The van der Waals surface area contributed by atoms with Crippen LogP contribution in [-0.2, 0) is 4.74 Å². The molecule has 1 aromatic carbocycles. The monoisotopic (exact) mass is 368 g/mol. The predicted molar refractivity (Wildman–Crippen MR) is 92.5 cm³/mol. The van der Waals surface area contributed by atoms with E-state index in [2.05, 4.69) is 0 Å². The van der Waals surface area contributed by atoms with E-state index in [0.29, 0.717) is 18.8 Å². The molecule has 1 spiro atoms. The number of hydrogen-bond donors (Lipinski definition) is 0. The molecular weight excluding hydrogens is 348 g/mol. The molecule has 0 aliphatic carbocycles. The molecule has 1 aromatic rings. The Morgan fingerprint density at radius 1 is 1.28 bits per heavy atom. The van der Waals surface area contributed by atoms with Crippen LogP contribution < -0.4 is 9.47 Å². The number of nitro benzene ring substituents is 1. The molecule has 2 heterocycles. The second kappa shape index (κ2) is 7.09. The fourth-order valence-electron chi connectivity index (χ4n) is 3.20. The summed E-state index contributed by atoms with van der Waals surface area (Å²) in [6.45, 7) is 1.76. The Morgan fingerprint density at radius 2 is 1.92 bits per heavy atom. The number of amides is 1. The van der Waals surface area contributed by atoms with Crippen LogP contribution >= 0.6 is 11.8 Å². The first-order chi connectivity index (χ1) is 12.0. The summed E-state index contributed by atoms with van der Waals surface area (Å²) < 4.78 is 16.1. The highest BCUT2D eigenvalue weighted by atomic mass is 32.2. The van der Waals surface area contributed by atoms with E-state index in [-0.39, 0.29) is 27.8 Å². The van der Waals surface area contributed by atoms with E-state index in [9.17, 15) is 14.9 Å². The molecule has 0 unspecified atom stereocenters. The molecule has 9 heteroatoms. The number of piperidine rings is 1. The highest BCUT2D eigenvalue weighted by Gasteiger charge is 2.41. The largest absolute Gasteiger partial charge is 0.493 e. The van der Waals surface area contributed by atoms with Gasteiger partial charge in [0.05, 0.1) is 31.8 Å². The van der Waals surface area contributed by atoms with Crippen LogP contribution in [0.25, 0.3) is 0 Å². The SMILES string of the molecule is COc1cc(C(=O)N2CCC3(CC2)OCCS3)c([N+](=O)[O-])cc1OC. The molecule has 3 rings (SSSR count). The fourth-order valence-corrected chi connectivity index (χ4v) is 4.37. The molecule has 136 valence electrons. The highest BCUT2D eigenvalue weighted by molar-refractivity contribution is 8.00. The van der Waals surface area contributed by atoms with Gasteiger partial charge in [0, 0.05) is 37.8 Å². The summed E-state index contributed by atoms with van der Waals surface area (Å²) >= 11 is 1.79. The number of rotatable bonds is 4. The number of nitro groups is 1. The number of carbonyl (C=O) groups excluding carboxylic acids is 1. The molecule has 2 aliphatic heterocycles. The van der Waals surface area contributed by atoms with E-state index >= 15 is 0 Å². The molecule has 0 radical (unpaired) electrons. The molecule has 25 heavy (non-hydrogen) atoms. The topological polar surface area (TPSA) is 91.1 Å². The van der Waals surface area contributed by atoms with Gasteiger partial charge < -0.3 is 19.1 Å². The van der Waals surface area contributed by atoms with Crippen LogP contribution in [0.15, 0.2) is 12.1 Å². The summed E-state index contributed by atoms with van der Waals surface area (Å²) in [4.78, 5) is 25.1. The van der Waals surface area contributed by atoms with E-state index in [1.807, 2.05) is 0 Å². The Hall–Kier alpha value is -2.00. The van der Waals surface area contributed by atoms with E-state index < -0.39 is 4.92 Å². The van der Waals surface area contributed by atoms with Crippen molar-refractivity contribution in [1.82, 2.24) is 4.90 Å². The van der Waals surface area contributed by atoms with Gasteiger partial charge in [-0.05, 0) is 0 Å². The number of thioether (sulfide) groups is 1. The van der Waals surface area contributed by atoms with Crippen molar-refractivity contribution in [2.75, 3.05) is 39.7 Å². The van der Waals surface area contributed by atoms with Crippen molar-refractivity contribution in [1.29, 1.82) is 0 Å². The zero-order valence-electron chi connectivity index (χ0n) is 14.1. The Labute approximate surface area is 149 Å². The maximum absolute atomic E-state index is 12.9. The average Bonchev–Trinajstić information content (AvgIpc) is 3.08. The standard InChI is InChI=1S/C16H20N2O6S/c1-22-13-9-11(12(18(20)21)10-14(13)23-2)15(19)17-5-3-16(4-6-17)24-7-8-25-16/h9-10H,3-8H2,1-2H3. The number of ether oxygens (including phenoxy) is 3. The summed E-state index contributed by atoms with van der Waals surface area (Å²) in [5, 5.41) is 11.4. The molecule has 2 saturated heterocycles. The van der Waals surface area contributed by atoms with Crippen molar-refractivity contribution in [3.8, 4) is 11.5 Å². The van der Waals surface area contributed by atoms with Gasteiger partial charge in [0.1, 0.15) is 10.5 Å². The first-order valence-electron chi connectivity index (χ1n) is 7.97. The van der Waals surface area contributed by atoms with Gasteiger partial charge in [0.2, 0.25) is 0 Å². The second-order valence-corrected chi connectivity index (χ2v) is 7.32. The summed E-state index contributed by atoms with van der Waals surface area (Å²) in [7, 11) is 2.82. The molecule has 2 aliphatic rings. The minimum atomic E-state index is -0.573. The summed E-state index contributed by atoms with van der Waals surface area (Å²) in [6, 6.07) is 2.61. The van der Waals surface area contributed by atoms with E-state index in [1.54, 1.807) is 16.7 Å². The van der Waals surface area contributed by atoms with Crippen LogP contribution in [0.2, 0.25) is 0 Å². The zero-order chi connectivity index (χ0) is 18.0. The van der Waals surface area contributed by atoms with Crippen LogP contribution in [0.5, 0.6) is 11.5 Å². The quantitative estimate of drug-likeness (QED) is 0.595. The van der Waals surface area contributed by atoms with Gasteiger partial charge in [-0.3, -0.25) is 14.9 Å². The molecule has 0 N–H and O–H groups in total. The van der Waals surface area contributed by atoms with Crippen molar-refractivity contribution in [2.45, 2.75) is 17.8 Å². The minimum Gasteiger partial charge on any atom is -0.493 e. The Bertz CT molecular complexity index is 679. The lowest BCUT2D eigenvalue weighted by Gasteiger charge is -2.37. The van der Waals surface area contributed by atoms with Gasteiger partial charge in [-0.15, -0.1) is 11.8 Å². The summed E-state index contributed by atoms with van der Waals surface area (Å²) in [6.07, 6.45) is 1.45. The number of methoxy groups -OCH3 is 2. The first kappa shape index (κ1) is 17.8. The Morgan fingerprint density at radius 3 is 2.44 bits per heavy atom. The van der Waals surface area contributed by atoms with E-state index in [1.165, 1.54) is 26.4 Å². The molecular formula is C16H20N2O6S. The zero-order valence-corrected chi connectivity index (χ0v) is 15.0. The number of nitrogens with zero attached hydrogens (tertiary/aromatic N) is 2. The van der Waals surface area contributed by atoms with Gasteiger partial charge in [-0.1, -0.05) is 0 Å². The third kappa shape index (κ3) is 3.38. The molecule has 0 aromatic heterocycles. The van der Waals surface area contributed by atoms with Crippen LogP contribution in [-0.4, -0.2) is 60.3 Å². The number of benzene rings is 1. The lowest BCUT2D eigenvalue weighted by Crippen LogP contribution is -2.45. The Kier molecular flexibility index (Phi) is 5.05. The lowest BCUT2D eigenvalue weighted by molar-refractivity contribution is -0.385. The highest BCUT2D eigenvalue weighted by Crippen LogP contribution is 2.42. The van der Waals surface area contributed by atoms with Crippen molar-refractivity contribution in [2.24, 2.45) is 0 Å². The molecule has 0 atom stereocenters. The Balaban J connectivity index is 1.85. The molecule has 1 amide bonds. The third-order valence-electron chi connectivity index (χ3n) is 4.55. The van der Waals surface area contributed by atoms with Crippen LogP contribution in [0.3, 0.4) is 0 Å². The van der Waals surface area contributed by atoms with E-state index in [4.69, 9.17) is 14.2 Å². The third-order valence-corrected chi connectivity index (χ3v) is 5.98. The molecule has 8 nitrogen and oxygen atoms in total. The molecule has 0 saturated carbocycles.